The van der Waals surface area contributed by atoms with Crippen LogP contribution in [-0.2, 0) is 0 Å². The second kappa shape index (κ2) is 9.56. The first kappa shape index (κ1) is 21.0. The van der Waals surface area contributed by atoms with Crippen LogP contribution < -0.4 is 14.0 Å². The van der Waals surface area contributed by atoms with Gasteiger partial charge in [-0.25, -0.2) is 0 Å². The maximum absolute atomic E-state index is 12.7. The summed E-state index contributed by atoms with van der Waals surface area (Å²) in [5.41, 5.74) is 0.611. The Labute approximate surface area is 165 Å². The molecule has 0 aliphatic rings. The Hall–Kier alpha value is -2.33. The number of pyridine rings is 1. The van der Waals surface area contributed by atoms with Gasteiger partial charge in [-0.15, -0.1) is 0 Å². The summed E-state index contributed by atoms with van der Waals surface area (Å²) in [6.45, 7) is 8.49. The van der Waals surface area contributed by atoms with E-state index in [1.165, 1.54) is 12.3 Å². The fourth-order valence-corrected chi connectivity index (χ4v) is 3.66. The van der Waals surface area contributed by atoms with Crippen molar-refractivity contribution in [2.45, 2.75) is 33.8 Å². The molecule has 0 aliphatic heterocycles. The van der Waals surface area contributed by atoms with E-state index in [1.54, 1.807) is 24.3 Å². The van der Waals surface area contributed by atoms with E-state index in [2.05, 4.69) is 18.8 Å². The summed E-state index contributed by atoms with van der Waals surface area (Å²) in [7, 11) is 0. The van der Waals surface area contributed by atoms with Gasteiger partial charge in [-0.2, -0.15) is 0 Å². The van der Waals surface area contributed by atoms with E-state index in [-0.39, 0.29) is 16.2 Å². The van der Waals surface area contributed by atoms with E-state index in [0.29, 0.717) is 34.1 Å². The van der Waals surface area contributed by atoms with Crippen molar-refractivity contribution in [3.05, 3.63) is 47.7 Å². The molecular formula is C20H23AsNO5. The average Bonchev–Trinajstić information content (AvgIpc) is 2.59. The molecular weight excluding hydrogens is 409 g/mol. The van der Waals surface area contributed by atoms with E-state index in [0.717, 1.165) is 0 Å². The van der Waals surface area contributed by atoms with Gasteiger partial charge in [0.25, 0.3) is 0 Å². The monoisotopic (exact) mass is 432 g/mol. The fourth-order valence-electron chi connectivity index (χ4n) is 2.13. The summed E-state index contributed by atoms with van der Waals surface area (Å²) >= 11 is -0.903. The number of aromatic carboxylic acids is 1. The topological polar surface area (TPSA) is 85.7 Å². The van der Waals surface area contributed by atoms with Gasteiger partial charge in [0.1, 0.15) is 0 Å². The van der Waals surface area contributed by atoms with E-state index in [1.807, 2.05) is 13.8 Å². The van der Waals surface area contributed by atoms with E-state index >= 15 is 0 Å². The summed E-state index contributed by atoms with van der Waals surface area (Å²) in [5, 5.41) is 8.93. The summed E-state index contributed by atoms with van der Waals surface area (Å²) in [6.07, 6.45) is 1.25. The zero-order valence-corrected chi connectivity index (χ0v) is 17.7. The zero-order chi connectivity index (χ0) is 20.0. The van der Waals surface area contributed by atoms with Crippen molar-refractivity contribution in [1.82, 2.24) is 4.98 Å². The maximum atomic E-state index is 12.7. The van der Waals surface area contributed by atoms with Crippen LogP contribution in [0.5, 0.6) is 11.5 Å². The van der Waals surface area contributed by atoms with Crippen molar-refractivity contribution in [3.8, 4) is 11.5 Å². The molecule has 0 bridgehead atoms. The van der Waals surface area contributed by atoms with Gasteiger partial charge in [0.15, 0.2) is 0 Å². The molecule has 2 aromatic rings. The number of aromatic nitrogens is 1. The second-order valence-electron chi connectivity index (χ2n) is 6.69. The Morgan fingerprint density at radius 2 is 1.78 bits per heavy atom. The Morgan fingerprint density at radius 3 is 2.33 bits per heavy atom. The first-order chi connectivity index (χ1) is 12.7. The van der Waals surface area contributed by atoms with Crippen molar-refractivity contribution < 1.29 is 24.2 Å². The quantitative estimate of drug-likeness (QED) is 0.614. The van der Waals surface area contributed by atoms with Gasteiger partial charge in [0, 0.05) is 0 Å². The predicted octanol–water partition coefficient (Wildman–Crippen LogP) is 2.77. The molecule has 0 saturated carbocycles. The number of carboxylic acid groups (broad SMARTS) is 1. The number of benzene rings is 1. The van der Waals surface area contributed by atoms with Crippen LogP contribution in [0.2, 0.25) is 0 Å². The zero-order valence-electron chi connectivity index (χ0n) is 15.8. The molecule has 27 heavy (non-hydrogen) atoms. The summed E-state index contributed by atoms with van der Waals surface area (Å²) in [6, 6.07) is 8.27. The molecule has 2 rings (SSSR count). The Bertz CT molecular complexity index is 803. The third kappa shape index (κ3) is 6.72. The first-order valence-corrected chi connectivity index (χ1v) is 10.5. The van der Waals surface area contributed by atoms with Crippen molar-refractivity contribution >= 4 is 30.8 Å². The molecule has 0 amide bonds. The predicted molar refractivity (Wildman–Crippen MR) is 103 cm³/mol. The molecule has 0 aliphatic carbocycles. The van der Waals surface area contributed by atoms with Crippen LogP contribution >= 0.6 is 0 Å². The number of ether oxygens (including phenoxy) is 2. The Kier molecular flexibility index (Phi) is 7.43. The van der Waals surface area contributed by atoms with Crippen LogP contribution in [0.15, 0.2) is 36.5 Å². The number of rotatable bonds is 9. The molecule has 1 aromatic carbocycles. The van der Waals surface area contributed by atoms with Crippen molar-refractivity contribution in [2.75, 3.05) is 6.61 Å². The van der Waals surface area contributed by atoms with Crippen molar-refractivity contribution in [2.24, 2.45) is 5.92 Å². The minimum atomic E-state index is -1.04. The third-order valence-electron chi connectivity index (χ3n) is 3.29. The van der Waals surface area contributed by atoms with E-state index < -0.39 is 21.7 Å². The van der Waals surface area contributed by atoms with Crippen LogP contribution in [0.4, 0.5) is 0 Å². The molecule has 0 atom stereocenters. The third-order valence-corrected chi connectivity index (χ3v) is 5.30. The number of carbonyl (C=O) groups excluding carboxylic acids is 1. The molecule has 1 N–H and O–H groups in total. The molecule has 7 heteroatoms. The summed E-state index contributed by atoms with van der Waals surface area (Å²) in [5.74, 6) is 0.509. The first-order valence-electron chi connectivity index (χ1n) is 8.64. The van der Waals surface area contributed by atoms with Gasteiger partial charge in [-0.05, 0) is 0 Å². The molecule has 6 nitrogen and oxygen atoms in total. The van der Waals surface area contributed by atoms with E-state index in [4.69, 9.17) is 14.6 Å². The van der Waals surface area contributed by atoms with Gasteiger partial charge >= 0.3 is 165 Å². The number of carbonyl (C=O) groups is 2. The number of nitrogens with zero attached hydrogens (tertiary/aromatic N) is 1. The number of hydrogen-bond donors (Lipinski definition) is 1. The fraction of sp³-hybridized carbons (Fsp3) is 0.350. The normalized spacial score (nSPS) is 11.3. The average molecular weight is 432 g/mol. The molecule has 143 valence electrons. The van der Waals surface area contributed by atoms with Gasteiger partial charge in [0.2, 0.25) is 0 Å². The molecule has 0 fully saturated rings. The molecule has 1 heterocycles. The van der Waals surface area contributed by atoms with Gasteiger partial charge in [-0.1, -0.05) is 0 Å². The van der Waals surface area contributed by atoms with Crippen LogP contribution in [0.25, 0.3) is 0 Å². The molecule has 1 aromatic heterocycles. The van der Waals surface area contributed by atoms with Gasteiger partial charge in [0.05, 0.1) is 0 Å². The molecule has 0 saturated heterocycles. The standard InChI is InChI=1S/C20H23AsNO5/c1-12(2)11-26-16-7-15(8-17(9-16)27-13(3)4)19(23)21-18-6-5-14(10-22-18)20(24)25/h5-10,12-13H,11H2,1-4H3,(H,24,25). The van der Waals surface area contributed by atoms with E-state index in [9.17, 15) is 9.59 Å². The Morgan fingerprint density at radius 1 is 1.07 bits per heavy atom. The summed E-state index contributed by atoms with van der Waals surface area (Å²) < 4.78 is 12.1. The van der Waals surface area contributed by atoms with Crippen LogP contribution in [0.3, 0.4) is 0 Å². The van der Waals surface area contributed by atoms with Gasteiger partial charge in [-0.3, -0.25) is 0 Å². The number of hydrogen-bond acceptors (Lipinski definition) is 5. The Balaban J connectivity index is 2.21. The minimum absolute atomic E-state index is 0.0215. The SMILES string of the molecule is CC(C)COc1cc(OC(C)C)cc(C(=O)[As]c2ccc(C(=O)O)cn2)c1. The molecule has 1 radical (unpaired) electrons. The van der Waals surface area contributed by atoms with Crippen LogP contribution in [-0.4, -0.2) is 49.1 Å². The van der Waals surface area contributed by atoms with Gasteiger partial charge < -0.3 is 0 Å². The number of carboxylic acids is 1. The molecule has 0 spiro atoms. The van der Waals surface area contributed by atoms with Crippen LogP contribution in [0.1, 0.15) is 48.4 Å². The van der Waals surface area contributed by atoms with Crippen molar-refractivity contribution in [1.29, 1.82) is 0 Å². The summed E-state index contributed by atoms with van der Waals surface area (Å²) in [4.78, 5) is 27.7. The molecule has 0 unspecified atom stereocenters. The van der Waals surface area contributed by atoms with Crippen molar-refractivity contribution in [3.63, 3.8) is 0 Å². The van der Waals surface area contributed by atoms with Crippen LogP contribution in [0, 0.1) is 5.92 Å². The second-order valence-corrected chi connectivity index (χ2v) is 8.97.